The van der Waals surface area contributed by atoms with E-state index in [4.69, 9.17) is 9.47 Å². The Morgan fingerprint density at radius 1 is 1.08 bits per heavy atom. The van der Waals surface area contributed by atoms with Crippen molar-refractivity contribution in [2.24, 2.45) is 0 Å². The third kappa shape index (κ3) is 6.14. The van der Waals surface area contributed by atoms with E-state index in [0.29, 0.717) is 18.6 Å². The zero-order valence-electron chi connectivity index (χ0n) is 21.1. The van der Waals surface area contributed by atoms with Crippen LogP contribution in [0.1, 0.15) is 29.0 Å². The number of hydrogen-bond donors (Lipinski definition) is 2. The molecule has 13 heteroatoms. The molecule has 0 saturated carbocycles. The van der Waals surface area contributed by atoms with Gasteiger partial charge in [0, 0.05) is 42.0 Å². The molecule has 1 fully saturated rings. The van der Waals surface area contributed by atoms with Crippen molar-refractivity contribution < 1.29 is 45.4 Å². The molecule has 5 rings (SSSR count). The number of nitrogens with zero attached hydrogens (tertiary/aromatic N) is 1. The first-order valence-electron chi connectivity index (χ1n) is 12.2. The van der Waals surface area contributed by atoms with Gasteiger partial charge in [-0.15, -0.1) is 0 Å². The van der Waals surface area contributed by atoms with E-state index in [2.05, 4.69) is 46.7 Å². The number of benzene rings is 2. The second-order valence-corrected chi connectivity index (χ2v) is 9.47. The number of alkyl halides is 6. The first-order chi connectivity index (χ1) is 18.3. The molecule has 2 aromatic rings. The first-order valence-corrected chi connectivity index (χ1v) is 12.2. The van der Waals surface area contributed by atoms with E-state index in [9.17, 15) is 35.9 Å². The van der Waals surface area contributed by atoms with Crippen LogP contribution in [0.3, 0.4) is 0 Å². The summed E-state index contributed by atoms with van der Waals surface area (Å²) in [5.74, 6) is -5.39. The standard InChI is InChI=1S/C22H27N3O2.C4F6O2/c1-14-3-4-21(26-2)19(9-14)24-16-10-15-13-27-8-7-25-20-5-6-23-12-18(20)17(11-16)22(15)25;5-3(6,7)1(11)2(12)4(8,9)10/h3-4,9-11,18,20,23-24H,5-8,12-13H2,1-2H3;/t18-,20-;/m0./s1. The van der Waals surface area contributed by atoms with Crippen molar-refractivity contribution in [1.82, 2.24) is 5.32 Å². The number of nitrogens with one attached hydrogen (secondary N) is 2. The maximum absolute atomic E-state index is 11.2. The molecule has 3 aliphatic heterocycles. The molecule has 0 spiro atoms. The Morgan fingerprint density at radius 3 is 2.41 bits per heavy atom. The Morgan fingerprint density at radius 2 is 1.77 bits per heavy atom. The van der Waals surface area contributed by atoms with E-state index in [1.807, 2.05) is 6.07 Å². The summed E-state index contributed by atoms with van der Waals surface area (Å²) in [4.78, 5) is 21.8. The molecular formula is C26H27F6N3O4. The summed E-state index contributed by atoms with van der Waals surface area (Å²) < 4.78 is 78.4. The van der Waals surface area contributed by atoms with Crippen molar-refractivity contribution in [2.75, 3.05) is 43.6 Å². The maximum Gasteiger partial charge on any atom is 0.458 e. The number of piperidine rings is 1. The highest BCUT2D eigenvalue weighted by Crippen LogP contribution is 2.48. The Bertz CT molecular complexity index is 1220. The molecule has 2 atom stereocenters. The number of rotatable bonds is 4. The van der Waals surface area contributed by atoms with Crippen LogP contribution in [0.2, 0.25) is 0 Å². The molecule has 0 radical (unpaired) electrons. The Labute approximate surface area is 220 Å². The predicted molar refractivity (Wildman–Crippen MR) is 131 cm³/mol. The minimum Gasteiger partial charge on any atom is -0.495 e. The molecule has 0 amide bonds. The highest BCUT2D eigenvalue weighted by Gasteiger charge is 2.54. The largest absolute Gasteiger partial charge is 0.495 e. The SMILES string of the molecule is COc1ccc(C)cc1Nc1cc2c3c(c1)[C@@H]1CNCC[C@@H]1N3CCOC2.O=C(C(=O)C(F)(F)F)C(F)(F)F. The first kappa shape index (κ1) is 28.7. The molecule has 212 valence electrons. The van der Waals surface area contributed by atoms with E-state index in [1.54, 1.807) is 7.11 Å². The molecule has 0 aromatic heterocycles. The number of hydrogen-bond acceptors (Lipinski definition) is 7. The molecular weight excluding hydrogens is 532 g/mol. The van der Waals surface area contributed by atoms with Crippen LogP contribution < -0.4 is 20.3 Å². The number of aryl methyl sites for hydroxylation is 1. The summed E-state index contributed by atoms with van der Waals surface area (Å²) in [6.07, 6.45) is -10.3. The molecule has 2 aromatic carbocycles. The van der Waals surface area contributed by atoms with Gasteiger partial charge in [-0.3, -0.25) is 9.59 Å². The number of ketones is 2. The van der Waals surface area contributed by atoms with Crippen LogP contribution in [-0.2, 0) is 20.9 Å². The Kier molecular flexibility index (Phi) is 8.12. The molecule has 1 saturated heterocycles. The van der Waals surface area contributed by atoms with Gasteiger partial charge in [0.15, 0.2) is 0 Å². The van der Waals surface area contributed by atoms with Crippen molar-refractivity contribution in [3.63, 3.8) is 0 Å². The van der Waals surface area contributed by atoms with Gasteiger partial charge in [-0.1, -0.05) is 6.07 Å². The average Bonchev–Trinajstić information content (AvgIpc) is 3.02. The lowest BCUT2D eigenvalue weighted by Gasteiger charge is -2.33. The number of carbonyl (C=O) groups excluding carboxylic acids is 2. The maximum atomic E-state index is 11.2. The minimum absolute atomic E-state index is 0.562. The smallest absolute Gasteiger partial charge is 0.458 e. The Hall–Kier alpha value is -3.32. The monoisotopic (exact) mass is 559 g/mol. The summed E-state index contributed by atoms with van der Waals surface area (Å²) in [5, 5.41) is 7.20. The zero-order chi connectivity index (χ0) is 28.5. The van der Waals surface area contributed by atoms with Crippen LogP contribution in [0.5, 0.6) is 5.75 Å². The number of Topliss-reactive ketones (excluding diaryl/α,β-unsaturated/α-hetero) is 2. The number of fused-ring (bicyclic) bond motifs is 3. The lowest BCUT2D eigenvalue weighted by atomic mass is 9.89. The van der Waals surface area contributed by atoms with Crippen molar-refractivity contribution in [1.29, 1.82) is 0 Å². The summed E-state index contributed by atoms with van der Waals surface area (Å²) in [6, 6.07) is 11.4. The number of ether oxygens (including phenoxy) is 2. The lowest BCUT2D eigenvalue weighted by Crippen LogP contribution is -2.44. The molecule has 2 N–H and O–H groups in total. The molecule has 7 nitrogen and oxygen atoms in total. The summed E-state index contributed by atoms with van der Waals surface area (Å²) >= 11 is 0. The fourth-order valence-corrected chi connectivity index (χ4v) is 5.19. The highest BCUT2D eigenvalue weighted by atomic mass is 19.4. The van der Waals surface area contributed by atoms with E-state index in [-0.39, 0.29) is 0 Å². The van der Waals surface area contributed by atoms with Gasteiger partial charge in [0.2, 0.25) is 0 Å². The van der Waals surface area contributed by atoms with Crippen LogP contribution in [-0.4, -0.2) is 63.3 Å². The fraction of sp³-hybridized carbons (Fsp3) is 0.462. The fourth-order valence-electron chi connectivity index (χ4n) is 5.19. The van der Waals surface area contributed by atoms with E-state index < -0.39 is 23.9 Å². The number of methoxy groups -OCH3 is 1. The highest BCUT2D eigenvalue weighted by molar-refractivity contribution is 6.41. The molecule has 3 aliphatic rings. The van der Waals surface area contributed by atoms with E-state index in [0.717, 1.165) is 43.4 Å². The molecule has 0 unspecified atom stereocenters. The minimum atomic E-state index is -5.77. The van der Waals surface area contributed by atoms with Gasteiger partial charge in [0.25, 0.3) is 0 Å². The quantitative estimate of drug-likeness (QED) is 0.412. The zero-order valence-corrected chi connectivity index (χ0v) is 21.1. The Balaban J connectivity index is 0.000000251. The number of carbonyl (C=O) groups is 2. The van der Waals surface area contributed by atoms with Gasteiger partial charge < -0.3 is 25.0 Å². The third-order valence-corrected chi connectivity index (χ3v) is 6.84. The lowest BCUT2D eigenvalue weighted by molar-refractivity contribution is -0.193. The predicted octanol–water partition coefficient (Wildman–Crippen LogP) is 4.79. The topological polar surface area (TPSA) is 79.9 Å². The number of anilines is 3. The van der Waals surface area contributed by atoms with Crippen LogP contribution >= 0.6 is 0 Å². The van der Waals surface area contributed by atoms with Crippen LogP contribution in [0.4, 0.5) is 43.4 Å². The second-order valence-electron chi connectivity index (χ2n) is 9.47. The average molecular weight is 560 g/mol. The van der Waals surface area contributed by atoms with Gasteiger partial charge in [0.05, 0.1) is 26.0 Å². The van der Waals surface area contributed by atoms with Gasteiger partial charge >= 0.3 is 23.9 Å². The third-order valence-electron chi connectivity index (χ3n) is 6.84. The molecule has 39 heavy (non-hydrogen) atoms. The van der Waals surface area contributed by atoms with Crippen LogP contribution in [0, 0.1) is 6.92 Å². The molecule has 0 aliphatic carbocycles. The van der Waals surface area contributed by atoms with E-state index >= 15 is 0 Å². The normalized spacial score (nSPS) is 20.2. The van der Waals surface area contributed by atoms with Crippen LogP contribution in [0.25, 0.3) is 0 Å². The summed E-state index contributed by atoms with van der Waals surface area (Å²) in [7, 11) is 1.72. The molecule has 3 heterocycles. The van der Waals surface area contributed by atoms with Gasteiger partial charge in [0.1, 0.15) is 5.75 Å². The van der Waals surface area contributed by atoms with Gasteiger partial charge in [-0.25, -0.2) is 0 Å². The molecule has 0 bridgehead atoms. The van der Waals surface area contributed by atoms with E-state index in [1.165, 1.54) is 28.8 Å². The van der Waals surface area contributed by atoms with Crippen molar-refractivity contribution in [2.45, 2.75) is 44.3 Å². The van der Waals surface area contributed by atoms with Crippen molar-refractivity contribution in [3.8, 4) is 5.75 Å². The van der Waals surface area contributed by atoms with Crippen molar-refractivity contribution >= 4 is 28.6 Å². The second kappa shape index (κ2) is 11.0. The number of halogens is 6. The van der Waals surface area contributed by atoms with Gasteiger partial charge in [-0.05, 0) is 55.3 Å². The van der Waals surface area contributed by atoms with Gasteiger partial charge in [-0.2, -0.15) is 26.3 Å². The summed E-state index contributed by atoms with van der Waals surface area (Å²) in [5.41, 5.74) is 7.52. The summed E-state index contributed by atoms with van der Waals surface area (Å²) in [6.45, 7) is 6.76. The van der Waals surface area contributed by atoms with Crippen LogP contribution in [0.15, 0.2) is 30.3 Å². The van der Waals surface area contributed by atoms with Crippen molar-refractivity contribution in [3.05, 3.63) is 47.0 Å².